The highest BCUT2D eigenvalue weighted by atomic mass is 16.1. The molecule has 4 aromatic rings. The zero-order valence-corrected chi connectivity index (χ0v) is 21.9. The molecule has 0 saturated carbocycles. The molecule has 0 spiro atoms. The summed E-state index contributed by atoms with van der Waals surface area (Å²) in [4.78, 5) is 26.3. The lowest BCUT2D eigenvalue weighted by atomic mass is 9.97. The molecule has 0 unspecified atom stereocenters. The van der Waals surface area contributed by atoms with Crippen LogP contribution in [-0.2, 0) is 4.79 Å². The maximum atomic E-state index is 12.3. The molecular weight excluding hydrogens is 474 g/mol. The minimum Gasteiger partial charge on any atom is -0.369 e. The Balaban J connectivity index is 1.44. The number of fused-ring (bicyclic) bond motifs is 1. The average Bonchev–Trinajstić information content (AvgIpc) is 2.93. The summed E-state index contributed by atoms with van der Waals surface area (Å²) in [5.41, 5.74) is 5.49. The molecule has 8 nitrogen and oxygen atoms in total. The second kappa shape index (κ2) is 10.9. The molecule has 192 valence electrons. The Bertz CT molecular complexity index is 1500. The molecule has 1 fully saturated rings. The van der Waals surface area contributed by atoms with E-state index in [4.69, 9.17) is 4.98 Å². The number of carbonyl (C=O) groups is 1. The lowest BCUT2D eigenvalue weighted by Gasteiger charge is -2.34. The van der Waals surface area contributed by atoms with Gasteiger partial charge in [-0.25, -0.2) is 9.97 Å². The molecule has 1 aliphatic heterocycles. The van der Waals surface area contributed by atoms with Crippen LogP contribution in [0, 0.1) is 17.2 Å². The highest BCUT2D eigenvalue weighted by Gasteiger charge is 2.16. The van der Waals surface area contributed by atoms with Crippen molar-refractivity contribution in [1.29, 1.82) is 5.26 Å². The van der Waals surface area contributed by atoms with Crippen molar-refractivity contribution in [3.8, 4) is 17.2 Å². The van der Waals surface area contributed by atoms with Gasteiger partial charge in [0.2, 0.25) is 11.9 Å². The molecule has 38 heavy (non-hydrogen) atoms. The third-order valence-electron chi connectivity index (χ3n) is 6.82. The number of piperazine rings is 1. The summed E-state index contributed by atoms with van der Waals surface area (Å²) in [7, 11) is 2.15. The van der Waals surface area contributed by atoms with Gasteiger partial charge in [-0.2, -0.15) is 5.26 Å². The lowest BCUT2D eigenvalue weighted by molar-refractivity contribution is -0.118. The Kier molecular flexibility index (Phi) is 7.20. The fourth-order valence-electron chi connectivity index (χ4n) is 4.51. The number of nitriles is 1. The standard InChI is InChI=1S/C30H31N7O/c1-20(2)29(38)33-24-8-7-21(18-31)27(17-24)26-6-4-5-22-19-32-30(35-28(22)26)34-23-9-11-25(12-10-23)37-15-13-36(3)14-16-37/h4-12,17,19-20H,13-16H2,1-3H3,(H,33,38)(H,32,34,35). The van der Waals surface area contributed by atoms with Crippen LogP contribution in [0.15, 0.2) is 66.9 Å². The van der Waals surface area contributed by atoms with E-state index in [1.165, 1.54) is 5.69 Å². The van der Waals surface area contributed by atoms with Crippen LogP contribution in [0.5, 0.6) is 0 Å². The summed E-state index contributed by atoms with van der Waals surface area (Å²) in [6, 6.07) is 21.7. The molecule has 0 bridgehead atoms. The molecule has 0 atom stereocenters. The van der Waals surface area contributed by atoms with Gasteiger partial charge in [-0.3, -0.25) is 4.79 Å². The van der Waals surface area contributed by atoms with Crippen molar-refractivity contribution >= 4 is 39.8 Å². The third kappa shape index (κ3) is 5.43. The summed E-state index contributed by atoms with van der Waals surface area (Å²) < 4.78 is 0. The monoisotopic (exact) mass is 505 g/mol. The zero-order valence-electron chi connectivity index (χ0n) is 21.9. The molecule has 1 aliphatic rings. The predicted molar refractivity (Wildman–Crippen MR) is 153 cm³/mol. The first kappa shape index (κ1) is 25.2. The molecule has 0 radical (unpaired) electrons. The van der Waals surface area contributed by atoms with Gasteiger partial charge in [0, 0.05) is 71.9 Å². The molecule has 3 aromatic carbocycles. The number of benzene rings is 3. The number of hydrogen-bond acceptors (Lipinski definition) is 7. The smallest absolute Gasteiger partial charge is 0.227 e. The van der Waals surface area contributed by atoms with Crippen LogP contribution in [0.1, 0.15) is 19.4 Å². The van der Waals surface area contributed by atoms with Crippen molar-refractivity contribution < 1.29 is 4.79 Å². The van der Waals surface area contributed by atoms with Gasteiger partial charge in [0.1, 0.15) is 0 Å². The number of anilines is 4. The number of hydrogen-bond donors (Lipinski definition) is 2. The number of para-hydroxylation sites is 1. The van der Waals surface area contributed by atoms with Gasteiger partial charge in [0.15, 0.2) is 0 Å². The molecule has 5 rings (SSSR count). The fourth-order valence-corrected chi connectivity index (χ4v) is 4.51. The number of nitrogens with one attached hydrogen (secondary N) is 2. The number of nitrogens with zero attached hydrogens (tertiary/aromatic N) is 5. The van der Waals surface area contributed by atoms with E-state index in [1.807, 2.05) is 50.2 Å². The number of likely N-dealkylation sites (N-methyl/N-ethyl adjacent to an activating group) is 1. The van der Waals surface area contributed by atoms with Crippen LogP contribution in [0.25, 0.3) is 22.0 Å². The quantitative estimate of drug-likeness (QED) is 0.369. The molecule has 0 aliphatic carbocycles. The summed E-state index contributed by atoms with van der Waals surface area (Å²) in [6.07, 6.45) is 1.78. The molecular formula is C30H31N7O. The van der Waals surface area contributed by atoms with E-state index < -0.39 is 0 Å². The van der Waals surface area contributed by atoms with Crippen LogP contribution in [0.3, 0.4) is 0 Å². The average molecular weight is 506 g/mol. The molecule has 8 heteroatoms. The van der Waals surface area contributed by atoms with Crippen LogP contribution in [0.2, 0.25) is 0 Å². The Hall–Kier alpha value is -4.48. The second-order valence-electron chi connectivity index (χ2n) is 9.92. The molecule has 2 heterocycles. The second-order valence-corrected chi connectivity index (χ2v) is 9.92. The van der Waals surface area contributed by atoms with E-state index in [2.05, 4.69) is 50.7 Å². The molecule has 1 aromatic heterocycles. The van der Waals surface area contributed by atoms with Gasteiger partial charge < -0.3 is 20.4 Å². The number of carbonyl (C=O) groups excluding carboxylic acids is 1. The van der Waals surface area contributed by atoms with Crippen molar-refractivity contribution in [3.63, 3.8) is 0 Å². The zero-order chi connectivity index (χ0) is 26.6. The summed E-state index contributed by atoms with van der Waals surface area (Å²) in [5, 5.41) is 16.9. The Morgan fingerprint density at radius 3 is 2.42 bits per heavy atom. The van der Waals surface area contributed by atoms with E-state index in [1.54, 1.807) is 18.3 Å². The van der Waals surface area contributed by atoms with Crippen molar-refractivity contribution in [2.45, 2.75) is 13.8 Å². The highest BCUT2D eigenvalue weighted by molar-refractivity contribution is 5.97. The van der Waals surface area contributed by atoms with Crippen molar-refractivity contribution in [2.75, 3.05) is 48.8 Å². The van der Waals surface area contributed by atoms with Gasteiger partial charge in [0.05, 0.1) is 17.1 Å². The van der Waals surface area contributed by atoms with E-state index in [0.717, 1.165) is 48.3 Å². The summed E-state index contributed by atoms with van der Waals surface area (Å²) in [5.74, 6) is 0.245. The van der Waals surface area contributed by atoms with Crippen LogP contribution < -0.4 is 15.5 Å². The van der Waals surface area contributed by atoms with Crippen molar-refractivity contribution in [1.82, 2.24) is 14.9 Å². The normalized spacial score (nSPS) is 13.9. The minimum absolute atomic E-state index is 0.0777. The van der Waals surface area contributed by atoms with E-state index in [9.17, 15) is 10.1 Å². The topological polar surface area (TPSA) is 97.2 Å². The van der Waals surface area contributed by atoms with Gasteiger partial charge in [-0.15, -0.1) is 0 Å². The molecule has 1 amide bonds. The first-order valence-corrected chi connectivity index (χ1v) is 12.8. The fraction of sp³-hybridized carbons (Fsp3) is 0.267. The summed E-state index contributed by atoms with van der Waals surface area (Å²) in [6.45, 7) is 7.85. The molecule has 2 N–H and O–H groups in total. The lowest BCUT2D eigenvalue weighted by Crippen LogP contribution is -2.44. The largest absolute Gasteiger partial charge is 0.369 e. The molecule has 1 saturated heterocycles. The first-order valence-electron chi connectivity index (χ1n) is 12.8. The van der Waals surface area contributed by atoms with Crippen LogP contribution in [-0.4, -0.2) is 54.0 Å². The minimum atomic E-state index is -0.149. The van der Waals surface area contributed by atoms with Crippen molar-refractivity contribution in [3.05, 3.63) is 72.4 Å². The third-order valence-corrected chi connectivity index (χ3v) is 6.82. The van der Waals surface area contributed by atoms with Crippen molar-refractivity contribution in [2.24, 2.45) is 5.92 Å². The Labute approximate surface area is 222 Å². The van der Waals surface area contributed by atoms with Gasteiger partial charge in [0.25, 0.3) is 0 Å². The number of aromatic nitrogens is 2. The number of amides is 1. The Morgan fingerprint density at radius 2 is 1.71 bits per heavy atom. The first-order chi connectivity index (χ1) is 18.4. The highest BCUT2D eigenvalue weighted by Crippen LogP contribution is 2.32. The van der Waals surface area contributed by atoms with E-state index in [-0.39, 0.29) is 11.8 Å². The van der Waals surface area contributed by atoms with E-state index >= 15 is 0 Å². The van der Waals surface area contributed by atoms with Gasteiger partial charge in [-0.05, 0) is 49.5 Å². The van der Waals surface area contributed by atoms with Gasteiger partial charge in [-0.1, -0.05) is 32.0 Å². The van der Waals surface area contributed by atoms with Crippen LogP contribution in [0.4, 0.5) is 23.0 Å². The van der Waals surface area contributed by atoms with Gasteiger partial charge >= 0.3 is 0 Å². The number of rotatable bonds is 6. The SMILES string of the molecule is CC(C)C(=O)Nc1ccc(C#N)c(-c2cccc3cnc(Nc4ccc(N5CCN(C)CC5)cc4)nc23)c1. The Morgan fingerprint density at radius 1 is 0.974 bits per heavy atom. The predicted octanol–water partition coefficient (Wildman–Crippen LogP) is 5.26. The van der Waals surface area contributed by atoms with E-state index in [0.29, 0.717) is 22.8 Å². The maximum absolute atomic E-state index is 12.3. The van der Waals surface area contributed by atoms with Crippen LogP contribution >= 0.6 is 0 Å². The summed E-state index contributed by atoms with van der Waals surface area (Å²) >= 11 is 0. The maximum Gasteiger partial charge on any atom is 0.227 e.